The molecule has 2 aromatic rings. The molecule has 14 heavy (non-hydrogen) atoms. The number of carboxylic acid groups (broad SMARTS) is 1. The molecule has 0 spiro atoms. The third-order valence-corrected chi connectivity index (χ3v) is 2.15. The van der Waals surface area contributed by atoms with E-state index < -0.39 is 5.97 Å². The lowest BCUT2D eigenvalue weighted by Crippen LogP contribution is -2.13. The molecular weight excluding hydrogens is 184 g/mol. The Labute approximate surface area is 78.6 Å². The molecular formula is C9H8N2O3. The monoisotopic (exact) mass is 192 g/mol. The van der Waals surface area contributed by atoms with Crippen LogP contribution < -0.4 is 5.69 Å². The standard InChI is InChI=1S/C9H8N2O3/c1-11-7-5(8(12)13)3-2-4-6(7)10-9(11)14/h2-4H,1H3,(H,10,14)(H,12,13). The van der Waals surface area contributed by atoms with E-state index in [0.717, 1.165) is 0 Å². The smallest absolute Gasteiger partial charge is 0.337 e. The van der Waals surface area contributed by atoms with Crippen LogP contribution in [-0.4, -0.2) is 20.6 Å². The molecule has 0 amide bonds. The number of aromatic carboxylic acids is 1. The summed E-state index contributed by atoms with van der Waals surface area (Å²) in [7, 11) is 1.54. The lowest BCUT2D eigenvalue weighted by atomic mass is 10.2. The second-order valence-corrected chi connectivity index (χ2v) is 3.00. The number of nitrogens with zero attached hydrogens (tertiary/aromatic N) is 1. The molecule has 1 heterocycles. The Morgan fingerprint density at radius 1 is 1.50 bits per heavy atom. The maximum Gasteiger partial charge on any atom is 0.337 e. The number of imidazole rings is 1. The Morgan fingerprint density at radius 3 is 2.86 bits per heavy atom. The molecule has 0 atom stereocenters. The number of aromatic nitrogens is 2. The van der Waals surface area contributed by atoms with Gasteiger partial charge < -0.3 is 10.1 Å². The van der Waals surface area contributed by atoms with E-state index in [4.69, 9.17) is 5.11 Å². The zero-order valence-corrected chi connectivity index (χ0v) is 7.44. The molecule has 0 aliphatic carbocycles. The van der Waals surface area contributed by atoms with E-state index in [9.17, 15) is 9.59 Å². The summed E-state index contributed by atoms with van der Waals surface area (Å²) in [5, 5.41) is 8.89. The Balaban J connectivity index is 2.98. The van der Waals surface area contributed by atoms with Crippen molar-refractivity contribution in [1.29, 1.82) is 0 Å². The number of carboxylic acids is 1. The number of para-hydroxylation sites is 1. The molecule has 1 aromatic carbocycles. The summed E-state index contributed by atoms with van der Waals surface area (Å²) in [4.78, 5) is 24.6. The van der Waals surface area contributed by atoms with Gasteiger partial charge in [0, 0.05) is 7.05 Å². The Hall–Kier alpha value is -2.04. The van der Waals surface area contributed by atoms with Crippen molar-refractivity contribution in [2.45, 2.75) is 0 Å². The van der Waals surface area contributed by atoms with Gasteiger partial charge in [0.25, 0.3) is 0 Å². The van der Waals surface area contributed by atoms with Gasteiger partial charge in [-0.25, -0.2) is 9.59 Å². The summed E-state index contributed by atoms with van der Waals surface area (Å²) >= 11 is 0. The number of aromatic amines is 1. The molecule has 5 nitrogen and oxygen atoms in total. The maximum atomic E-state index is 11.2. The average Bonchev–Trinajstić information content (AvgIpc) is 2.43. The highest BCUT2D eigenvalue weighted by Gasteiger charge is 2.12. The Morgan fingerprint density at radius 2 is 2.21 bits per heavy atom. The van der Waals surface area contributed by atoms with Crippen molar-refractivity contribution < 1.29 is 9.90 Å². The molecule has 2 rings (SSSR count). The van der Waals surface area contributed by atoms with Crippen LogP contribution in [0.15, 0.2) is 23.0 Å². The van der Waals surface area contributed by atoms with Gasteiger partial charge in [-0.05, 0) is 12.1 Å². The largest absolute Gasteiger partial charge is 0.478 e. The third kappa shape index (κ3) is 1.02. The summed E-state index contributed by atoms with van der Waals surface area (Å²) in [6.07, 6.45) is 0. The van der Waals surface area contributed by atoms with Gasteiger partial charge in [-0.1, -0.05) is 6.07 Å². The molecule has 5 heteroatoms. The van der Waals surface area contributed by atoms with Crippen LogP contribution >= 0.6 is 0 Å². The molecule has 2 N–H and O–H groups in total. The van der Waals surface area contributed by atoms with Crippen molar-refractivity contribution >= 4 is 17.0 Å². The van der Waals surface area contributed by atoms with E-state index in [1.54, 1.807) is 12.1 Å². The number of carbonyl (C=O) groups is 1. The SMILES string of the molecule is Cn1c(=O)[nH]c2cccc(C(=O)O)c21. The van der Waals surface area contributed by atoms with Crippen molar-refractivity contribution in [3.05, 3.63) is 34.2 Å². The van der Waals surface area contributed by atoms with Crippen LogP contribution in [0, 0.1) is 0 Å². The highest BCUT2D eigenvalue weighted by Crippen LogP contribution is 2.14. The van der Waals surface area contributed by atoms with Crippen molar-refractivity contribution in [3.8, 4) is 0 Å². The fraction of sp³-hybridized carbons (Fsp3) is 0.111. The predicted octanol–water partition coefficient (Wildman–Crippen LogP) is 0.565. The summed E-state index contributed by atoms with van der Waals surface area (Å²) in [5.41, 5.74) is 0.777. The van der Waals surface area contributed by atoms with Crippen molar-refractivity contribution in [2.24, 2.45) is 7.05 Å². The van der Waals surface area contributed by atoms with Gasteiger partial charge in [0.2, 0.25) is 0 Å². The van der Waals surface area contributed by atoms with Crippen molar-refractivity contribution in [1.82, 2.24) is 9.55 Å². The average molecular weight is 192 g/mol. The van der Waals surface area contributed by atoms with Gasteiger partial charge in [-0.3, -0.25) is 4.57 Å². The fourth-order valence-electron chi connectivity index (χ4n) is 1.48. The molecule has 0 aliphatic rings. The van der Waals surface area contributed by atoms with E-state index in [-0.39, 0.29) is 11.3 Å². The van der Waals surface area contributed by atoms with Crippen LogP contribution in [0.25, 0.3) is 11.0 Å². The summed E-state index contributed by atoms with van der Waals surface area (Å²) in [5.74, 6) is -1.04. The summed E-state index contributed by atoms with van der Waals surface area (Å²) < 4.78 is 1.29. The number of hydrogen-bond acceptors (Lipinski definition) is 2. The minimum atomic E-state index is -1.04. The van der Waals surface area contributed by atoms with Gasteiger partial charge in [-0.15, -0.1) is 0 Å². The lowest BCUT2D eigenvalue weighted by molar-refractivity contribution is 0.0698. The van der Waals surface area contributed by atoms with Crippen LogP contribution in [0.5, 0.6) is 0 Å². The molecule has 0 radical (unpaired) electrons. The topological polar surface area (TPSA) is 75.1 Å². The van der Waals surface area contributed by atoms with Crippen LogP contribution in [0.1, 0.15) is 10.4 Å². The number of H-pyrrole nitrogens is 1. The Kier molecular flexibility index (Phi) is 1.67. The number of nitrogens with one attached hydrogen (secondary N) is 1. The second-order valence-electron chi connectivity index (χ2n) is 3.00. The Bertz CT molecular complexity index is 565. The van der Waals surface area contributed by atoms with Crippen molar-refractivity contribution in [2.75, 3.05) is 0 Å². The quantitative estimate of drug-likeness (QED) is 0.693. The van der Waals surface area contributed by atoms with Gasteiger partial charge in [0.1, 0.15) is 0 Å². The molecule has 0 saturated heterocycles. The molecule has 0 fully saturated rings. The number of hydrogen-bond donors (Lipinski definition) is 2. The lowest BCUT2D eigenvalue weighted by Gasteiger charge is -1.98. The number of rotatable bonds is 1. The second kappa shape index (κ2) is 2.73. The number of aryl methyl sites for hydroxylation is 1. The molecule has 0 bridgehead atoms. The first-order chi connectivity index (χ1) is 6.61. The molecule has 0 unspecified atom stereocenters. The van der Waals surface area contributed by atoms with E-state index in [0.29, 0.717) is 11.0 Å². The number of benzene rings is 1. The minimum Gasteiger partial charge on any atom is -0.478 e. The minimum absolute atomic E-state index is 0.128. The van der Waals surface area contributed by atoms with Crippen LogP contribution in [0.2, 0.25) is 0 Å². The molecule has 72 valence electrons. The van der Waals surface area contributed by atoms with Crippen LogP contribution in [0.3, 0.4) is 0 Å². The zero-order chi connectivity index (χ0) is 10.3. The predicted molar refractivity (Wildman–Crippen MR) is 50.5 cm³/mol. The van der Waals surface area contributed by atoms with E-state index in [1.165, 1.54) is 17.7 Å². The van der Waals surface area contributed by atoms with Gasteiger partial charge in [-0.2, -0.15) is 0 Å². The highest BCUT2D eigenvalue weighted by molar-refractivity contribution is 6.00. The van der Waals surface area contributed by atoms with Gasteiger partial charge in [0.15, 0.2) is 0 Å². The molecule has 0 saturated carbocycles. The first kappa shape index (κ1) is 8.55. The number of fused-ring (bicyclic) bond motifs is 1. The van der Waals surface area contributed by atoms with E-state index >= 15 is 0 Å². The summed E-state index contributed by atoms with van der Waals surface area (Å²) in [6.45, 7) is 0. The van der Waals surface area contributed by atoms with Gasteiger partial charge in [0.05, 0.1) is 16.6 Å². The molecule has 0 aliphatic heterocycles. The van der Waals surface area contributed by atoms with Crippen LogP contribution in [0.4, 0.5) is 0 Å². The first-order valence-electron chi connectivity index (χ1n) is 4.02. The highest BCUT2D eigenvalue weighted by atomic mass is 16.4. The zero-order valence-electron chi connectivity index (χ0n) is 7.44. The van der Waals surface area contributed by atoms with Gasteiger partial charge >= 0.3 is 11.7 Å². The maximum absolute atomic E-state index is 11.2. The summed E-state index contributed by atoms with van der Waals surface area (Å²) in [6, 6.07) is 4.74. The first-order valence-corrected chi connectivity index (χ1v) is 4.02. The normalized spacial score (nSPS) is 10.6. The fourth-order valence-corrected chi connectivity index (χ4v) is 1.48. The van der Waals surface area contributed by atoms with Crippen molar-refractivity contribution in [3.63, 3.8) is 0 Å². The van der Waals surface area contributed by atoms with E-state index in [2.05, 4.69) is 4.98 Å². The van der Waals surface area contributed by atoms with Crippen LogP contribution in [-0.2, 0) is 7.05 Å². The third-order valence-electron chi connectivity index (χ3n) is 2.15. The van der Waals surface area contributed by atoms with E-state index in [1.807, 2.05) is 0 Å². The molecule has 1 aromatic heterocycles.